The number of rotatable bonds is 5. The summed E-state index contributed by atoms with van der Waals surface area (Å²) in [7, 11) is 0. The van der Waals surface area contributed by atoms with E-state index in [1.54, 1.807) is 0 Å². The lowest BCUT2D eigenvalue weighted by Crippen LogP contribution is -2.28. The van der Waals surface area contributed by atoms with Crippen LogP contribution in [0.5, 0.6) is 0 Å². The number of nitrogens with one attached hydrogen (secondary N) is 2. The minimum Gasteiger partial charge on any atom is -0.326 e. The third-order valence-corrected chi connectivity index (χ3v) is 5.17. The number of carbonyl (C=O) groups excluding carboxylic acids is 2. The molecule has 1 heterocycles. The van der Waals surface area contributed by atoms with Gasteiger partial charge in [-0.3, -0.25) is 14.6 Å². The van der Waals surface area contributed by atoms with Crippen LogP contribution in [0.15, 0.2) is 59.6 Å². The van der Waals surface area contributed by atoms with Crippen molar-refractivity contribution < 1.29 is 9.59 Å². The Kier molecular flexibility index (Phi) is 5.73. The number of hydrogen-bond acceptors (Lipinski definition) is 4. The van der Waals surface area contributed by atoms with Gasteiger partial charge in [0.15, 0.2) is 5.17 Å². The molecule has 1 aliphatic heterocycles. The standard InChI is InChI=1S/C20H21N3O2S/c1-13-8-10-16(11-9-13)22-18(24)12-17-19(25)23-20(26-17)21-14(2)15-6-4-3-5-7-15/h3-11,14,17H,12H2,1-2H3,(H,22,24)(H,21,23,25)/t14-,17-/m1/s1. The fourth-order valence-corrected chi connectivity index (χ4v) is 3.65. The van der Waals surface area contributed by atoms with Crippen molar-refractivity contribution in [2.45, 2.75) is 31.6 Å². The first-order chi connectivity index (χ1) is 12.5. The maximum Gasteiger partial charge on any atom is 0.240 e. The van der Waals surface area contributed by atoms with Crippen molar-refractivity contribution >= 4 is 34.4 Å². The number of anilines is 1. The van der Waals surface area contributed by atoms with E-state index in [-0.39, 0.29) is 24.3 Å². The van der Waals surface area contributed by atoms with Gasteiger partial charge in [0, 0.05) is 12.1 Å². The summed E-state index contributed by atoms with van der Waals surface area (Å²) in [5, 5.41) is 5.71. The van der Waals surface area contributed by atoms with Crippen LogP contribution in [0.4, 0.5) is 5.69 Å². The predicted octanol–water partition coefficient (Wildman–Crippen LogP) is 3.67. The molecule has 5 nitrogen and oxygen atoms in total. The number of amidine groups is 1. The van der Waals surface area contributed by atoms with Crippen LogP contribution in [0.3, 0.4) is 0 Å². The highest BCUT2D eigenvalue weighted by Crippen LogP contribution is 2.26. The van der Waals surface area contributed by atoms with Crippen LogP contribution in [0.2, 0.25) is 0 Å². The van der Waals surface area contributed by atoms with E-state index in [0.29, 0.717) is 5.17 Å². The van der Waals surface area contributed by atoms with E-state index >= 15 is 0 Å². The van der Waals surface area contributed by atoms with E-state index in [9.17, 15) is 9.59 Å². The first-order valence-corrected chi connectivity index (χ1v) is 9.36. The number of hydrogen-bond donors (Lipinski definition) is 2. The Morgan fingerprint density at radius 3 is 2.58 bits per heavy atom. The molecule has 0 spiro atoms. The number of aliphatic imine (C=N–C) groups is 1. The molecule has 1 fully saturated rings. The molecule has 0 unspecified atom stereocenters. The molecule has 2 N–H and O–H groups in total. The minimum absolute atomic E-state index is 0.0564. The van der Waals surface area contributed by atoms with E-state index in [1.807, 2.05) is 68.4 Å². The molecule has 2 aromatic carbocycles. The molecule has 0 radical (unpaired) electrons. The van der Waals surface area contributed by atoms with Gasteiger partial charge in [-0.05, 0) is 31.5 Å². The molecule has 2 aromatic rings. The fraction of sp³-hybridized carbons (Fsp3) is 0.250. The number of carbonyl (C=O) groups is 2. The third kappa shape index (κ3) is 4.73. The summed E-state index contributed by atoms with van der Waals surface area (Å²) in [5.74, 6) is -0.355. The van der Waals surface area contributed by atoms with Gasteiger partial charge in [0.1, 0.15) is 5.25 Å². The Hall–Kier alpha value is -2.60. The van der Waals surface area contributed by atoms with Gasteiger partial charge in [0.2, 0.25) is 11.8 Å². The predicted molar refractivity (Wildman–Crippen MR) is 106 cm³/mol. The SMILES string of the molecule is Cc1ccc(NC(=O)C[C@H]2SC(=N[C@H](C)c3ccccc3)NC2=O)cc1. The second-order valence-electron chi connectivity index (χ2n) is 6.23. The quantitative estimate of drug-likeness (QED) is 0.847. The molecule has 26 heavy (non-hydrogen) atoms. The van der Waals surface area contributed by atoms with Crippen LogP contribution in [0.25, 0.3) is 0 Å². The topological polar surface area (TPSA) is 70.6 Å². The molecule has 0 bridgehead atoms. The smallest absolute Gasteiger partial charge is 0.240 e. The zero-order valence-electron chi connectivity index (χ0n) is 14.7. The van der Waals surface area contributed by atoms with Gasteiger partial charge >= 0.3 is 0 Å². The van der Waals surface area contributed by atoms with E-state index < -0.39 is 5.25 Å². The van der Waals surface area contributed by atoms with Gasteiger partial charge in [-0.25, -0.2) is 0 Å². The Morgan fingerprint density at radius 1 is 1.19 bits per heavy atom. The third-order valence-electron chi connectivity index (χ3n) is 4.08. The number of benzene rings is 2. The van der Waals surface area contributed by atoms with Crippen LogP contribution < -0.4 is 10.6 Å². The highest BCUT2D eigenvalue weighted by atomic mass is 32.2. The van der Waals surface area contributed by atoms with Crippen molar-refractivity contribution in [3.05, 3.63) is 65.7 Å². The molecule has 2 atom stereocenters. The number of thioether (sulfide) groups is 1. The van der Waals surface area contributed by atoms with Crippen LogP contribution in [-0.4, -0.2) is 22.2 Å². The Morgan fingerprint density at radius 2 is 1.88 bits per heavy atom. The molecule has 134 valence electrons. The Labute approximate surface area is 157 Å². The molecule has 0 aliphatic carbocycles. The summed E-state index contributed by atoms with van der Waals surface area (Å²) >= 11 is 1.31. The lowest BCUT2D eigenvalue weighted by molar-refractivity contribution is -0.122. The molecule has 0 saturated carbocycles. The zero-order valence-corrected chi connectivity index (χ0v) is 15.5. The zero-order chi connectivity index (χ0) is 18.5. The Bertz CT molecular complexity index is 819. The van der Waals surface area contributed by atoms with Crippen LogP contribution in [0, 0.1) is 6.92 Å². The van der Waals surface area contributed by atoms with Crippen molar-refractivity contribution in [3.63, 3.8) is 0 Å². The second kappa shape index (κ2) is 8.19. The van der Waals surface area contributed by atoms with Crippen LogP contribution in [-0.2, 0) is 9.59 Å². The average molecular weight is 367 g/mol. The molecule has 1 saturated heterocycles. The highest BCUT2D eigenvalue weighted by Gasteiger charge is 2.32. The van der Waals surface area contributed by atoms with Gasteiger partial charge in [0.05, 0.1) is 6.04 Å². The summed E-state index contributed by atoms with van der Waals surface area (Å²) in [6, 6.07) is 17.4. The number of amides is 2. The largest absolute Gasteiger partial charge is 0.326 e. The van der Waals surface area contributed by atoms with E-state index in [1.165, 1.54) is 11.8 Å². The molecule has 3 rings (SSSR count). The van der Waals surface area contributed by atoms with Gasteiger partial charge < -0.3 is 10.6 Å². The molecular formula is C20H21N3O2S. The van der Waals surface area contributed by atoms with Gasteiger partial charge in [0.25, 0.3) is 0 Å². The van der Waals surface area contributed by atoms with E-state index in [4.69, 9.17) is 0 Å². The summed E-state index contributed by atoms with van der Waals surface area (Å²) in [6.45, 7) is 3.97. The van der Waals surface area contributed by atoms with Crippen molar-refractivity contribution in [1.29, 1.82) is 0 Å². The lowest BCUT2D eigenvalue weighted by atomic mass is 10.1. The summed E-state index contributed by atoms with van der Waals surface area (Å²) in [4.78, 5) is 28.9. The molecule has 6 heteroatoms. The number of aryl methyl sites for hydroxylation is 1. The minimum atomic E-state index is -0.456. The van der Waals surface area contributed by atoms with E-state index in [2.05, 4.69) is 15.6 Å². The maximum absolute atomic E-state index is 12.2. The summed E-state index contributed by atoms with van der Waals surface area (Å²) in [5.41, 5.74) is 2.94. The van der Waals surface area contributed by atoms with Crippen molar-refractivity contribution in [3.8, 4) is 0 Å². The average Bonchev–Trinajstić information content (AvgIpc) is 2.96. The van der Waals surface area contributed by atoms with Gasteiger partial charge in [-0.15, -0.1) is 0 Å². The fourth-order valence-electron chi connectivity index (χ4n) is 2.60. The Balaban J connectivity index is 1.58. The van der Waals surface area contributed by atoms with Crippen molar-refractivity contribution in [1.82, 2.24) is 5.32 Å². The molecule has 1 aliphatic rings. The van der Waals surface area contributed by atoms with Crippen LogP contribution in [0.1, 0.15) is 30.5 Å². The van der Waals surface area contributed by atoms with Crippen molar-refractivity contribution in [2.24, 2.45) is 4.99 Å². The second-order valence-corrected chi connectivity index (χ2v) is 7.43. The highest BCUT2D eigenvalue weighted by molar-refractivity contribution is 8.15. The first kappa shape index (κ1) is 18.2. The number of nitrogens with zero attached hydrogens (tertiary/aromatic N) is 1. The molecule has 0 aromatic heterocycles. The van der Waals surface area contributed by atoms with Crippen LogP contribution >= 0.6 is 11.8 Å². The van der Waals surface area contributed by atoms with Gasteiger partial charge in [-0.2, -0.15) is 0 Å². The maximum atomic E-state index is 12.2. The lowest BCUT2D eigenvalue weighted by Gasteiger charge is -2.08. The molecule has 2 amide bonds. The summed E-state index contributed by atoms with van der Waals surface area (Å²) < 4.78 is 0. The molecular weight excluding hydrogens is 346 g/mol. The normalized spacial score (nSPS) is 19.2. The summed E-state index contributed by atoms with van der Waals surface area (Å²) in [6.07, 6.45) is 0.114. The monoisotopic (exact) mass is 367 g/mol. The van der Waals surface area contributed by atoms with Gasteiger partial charge in [-0.1, -0.05) is 59.8 Å². The first-order valence-electron chi connectivity index (χ1n) is 8.48. The van der Waals surface area contributed by atoms with E-state index in [0.717, 1.165) is 16.8 Å². The van der Waals surface area contributed by atoms with Crippen molar-refractivity contribution in [2.75, 3.05) is 5.32 Å².